The maximum atomic E-state index is 13.0. The van der Waals surface area contributed by atoms with Crippen molar-refractivity contribution >= 4 is 26.8 Å². The molecule has 0 N–H and O–H groups in total. The topological polar surface area (TPSA) is 12.9 Å². The first kappa shape index (κ1) is 13.3. The van der Waals surface area contributed by atoms with Crippen LogP contribution in [0.4, 0.5) is 4.39 Å². The highest BCUT2D eigenvalue weighted by molar-refractivity contribution is 9.10. The van der Waals surface area contributed by atoms with Crippen LogP contribution in [0.5, 0.6) is 0 Å². The van der Waals surface area contributed by atoms with Crippen molar-refractivity contribution in [1.29, 1.82) is 0 Å². The second kappa shape index (κ2) is 4.98. The maximum absolute atomic E-state index is 13.0. The van der Waals surface area contributed by atoms with Gasteiger partial charge in [-0.05, 0) is 55.3 Å². The number of fused-ring (bicyclic) bond motifs is 1. The van der Waals surface area contributed by atoms with Crippen LogP contribution in [-0.4, -0.2) is 4.98 Å². The van der Waals surface area contributed by atoms with Crippen LogP contribution in [0.3, 0.4) is 0 Å². The van der Waals surface area contributed by atoms with Crippen LogP contribution < -0.4 is 0 Å². The predicted molar refractivity (Wildman–Crippen MR) is 84.3 cm³/mol. The third-order valence-electron chi connectivity index (χ3n) is 3.37. The molecule has 100 valence electrons. The molecule has 0 saturated heterocycles. The Morgan fingerprint density at radius 1 is 1.00 bits per heavy atom. The zero-order valence-corrected chi connectivity index (χ0v) is 12.8. The smallest absolute Gasteiger partial charge is 0.123 e. The average molecular weight is 330 g/mol. The molecule has 3 aromatic rings. The lowest BCUT2D eigenvalue weighted by Crippen LogP contribution is -1.91. The van der Waals surface area contributed by atoms with Crippen LogP contribution in [0, 0.1) is 19.7 Å². The summed E-state index contributed by atoms with van der Waals surface area (Å²) in [7, 11) is 0. The summed E-state index contributed by atoms with van der Waals surface area (Å²) < 4.78 is 14.1. The van der Waals surface area contributed by atoms with Crippen molar-refractivity contribution in [3.05, 3.63) is 64.0 Å². The van der Waals surface area contributed by atoms with Crippen molar-refractivity contribution in [3.8, 4) is 11.1 Å². The molecule has 0 radical (unpaired) electrons. The third kappa shape index (κ3) is 2.34. The Balaban J connectivity index is 2.26. The van der Waals surface area contributed by atoms with Gasteiger partial charge in [0.1, 0.15) is 5.82 Å². The van der Waals surface area contributed by atoms with Crippen LogP contribution in [0.1, 0.15) is 11.3 Å². The fraction of sp³-hybridized carbons (Fsp3) is 0.118. The summed E-state index contributed by atoms with van der Waals surface area (Å²) in [6, 6.07) is 12.8. The Kier molecular flexibility index (Phi) is 3.30. The van der Waals surface area contributed by atoms with Crippen LogP contribution in [0.2, 0.25) is 0 Å². The zero-order valence-electron chi connectivity index (χ0n) is 11.2. The molecule has 0 aliphatic rings. The molecule has 0 unspecified atom stereocenters. The number of rotatable bonds is 1. The summed E-state index contributed by atoms with van der Waals surface area (Å²) in [4.78, 5) is 4.67. The second-order valence-electron chi connectivity index (χ2n) is 4.94. The molecule has 3 heteroatoms. The monoisotopic (exact) mass is 329 g/mol. The number of aryl methyl sites for hydroxylation is 2. The number of aromatic nitrogens is 1. The molecule has 0 bridgehead atoms. The molecule has 0 atom stereocenters. The van der Waals surface area contributed by atoms with E-state index in [-0.39, 0.29) is 5.82 Å². The van der Waals surface area contributed by atoms with E-state index in [1.54, 1.807) is 12.1 Å². The lowest BCUT2D eigenvalue weighted by molar-refractivity contribution is 0.628. The molecule has 1 nitrogen and oxygen atoms in total. The van der Waals surface area contributed by atoms with Crippen molar-refractivity contribution in [2.75, 3.05) is 0 Å². The molecule has 1 heterocycles. The molecule has 3 rings (SSSR count). The van der Waals surface area contributed by atoms with Gasteiger partial charge < -0.3 is 0 Å². The molecule has 0 aliphatic heterocycles. The Labute approximate surface area is 125 Å². The highest BCUT2D eigenvalue weighted by Gasteiger charge is 2.08. The standard InChI is InChI=1S/C17H13BrFN/c1-10-7-16(18)15-9-14(11(2)20-17(15)8-10)12-3-5-13(19)6-4-12/h3-9H,1-2H3. The van der Waals surface area contributed by atoms with Crippen LogP contribution in [0.25, 0.3) is 22.0 Å². The highest BCUT2D eigenvalue weighted by Crippen LogP contribution is 2.31. The average Bonchev–Trinajstić information content (AvgIpc) is 2.39. The summed E-state index contributed by atoms with van der Waals surface area (Å²) >= 11 is 3.59. The largest absolute Gasteiger partial charge is 0.252 e. The number of nitrogens with zero attached hydrogens (tertiary/aromatic N) is 1. The van der Waals surface area contributed by atoms with E-state index < -0.39 is 0 Å². The van der Waals surface area contributed by atoms with Crippen molar-refractivity contribution < 1.29 is 4.39 Å². The molecule has 0 spiro atoms. The fourth-order valence-electron chi connectivity index (χ4n) is 2.38. The summed E-state index contributed by atoms with van der Waals surface area (Å²) in [5.74, 6) is -0.225. The first-order valence-electron chi connectivity index (χ1n) is 6.38. The van der Waals surface area contributed by atoms with Gasteiger partial charge >= 0.3 is 0 Å². The number of pyridine rings is 1. The van der Waals surface area contributed by atoms with E-state index in [0.717, 1.165) is 32.2 Å². The summed E-state index contributed by atoms with van der Waals surface area (Å²) in [5.41, 5.74) is 5.10. The predicted octanol–water partition coefficient (Wildman–Crippen LogP) is 5.42. The second-order valence-corrected chi connectivity index (χ2v) is 5.80. The van der Waals surface area contributed by atoms with Gasteiger partial charge in [-0.15, -0.1) is 0 Å². The highest BCUT2D eigenvalue weighted by atomic mass is 79.9. The SMILES string of the molecule is Cc1cc(Br)c2cc(-c3ccc(F)cc3)c(C)nc2c1. The zero-order chi connectivity index (χ0) is 14.3. The fourth-order valence-corrected chi connectivity index (χ4v) is 3.06. The molecule has 2 aromatic carbocycles. The number of benzene rings is 2. The van der Waals surface area contributed by atoms with Crippen molar-refractivity contribution in [2.45, 2.75) is 13.8 Å². The minimum absolute atomic E-state index is 0.225. The minimum atomic E-state index is -0.225. The van der Waals surface area contributed by atoms with Gasteiger partial charge in [0.15, 0.2) is 0 Å². The lowest BCUT2D eigenvalue weighted by Gasteiger charge is -2.10. The Morgan fingerprint density at radius 2 is 1.70 bits per heavy atom. The van der Waals surface area contributed by atoms with E-state index >= 15 is 0 Å². The molecule has 0 aliphatic carbocycles. The van der Waals surface area contributed by atoms with Gasteiger partial charge in [-0.25, -0.2) is 4.39 Å². The summed E-state index contributed by atoms with van der Waals surface area (Å²) in [6.45, 7) is 4.03. The van der Waals surface area contributed by atoms with E-state index in [1.165, 1.54) is 17.7 Å². The first-order valence-corrected chi connectivity index (χ1v) is 7.17. The van der Waals surface area contributed by atoms with Gasteiger partial charge in [0.05, 0.1) is 5.52 Å². The Morgan fingerprint density at radius 3 is 2.40 bits per heavy atom. The molecule has 0 saturated carbocycles. The van der Waals surface area contributed by atoms with Gasteiger partial charge in [0.2, 0.25) is 0 Å². The molecule has 20 heavy (non-hydrogen) atoms. The Hall–Kier alpha value is -1.74. The minimum Gasteiger partial charge on any atom is -0.252 e. The molecular formula is C17H13BrFN. The van der Waals surface area contributed by atoms with Crippen LogP contribution >= 0.6 is 15.9 Å². The van der Waals surface area contributed by atoms with Gasteiger partial charge in [0, 0.05) is 21.1 Å². The van der Waals surface area contributed by atoms with Crippen molar-refractivity contribution in [2.24, 2.45) is 0 Å². The van der Waals surface area contributed by atoms with Crippen molar-refractivity contribution in [3.63, 3.8) is 0 Å². The van der Waals surface area contributed by atoms with E-state index in [2.05, 4.69) is 46.0 Å². The lowest BCUT2D eigenvalue weighted by atomic mass is 10.0. The number of hydrogen-bond donors (Lipinski definition) is 0. The molecular weight excluding hydrogens is 317 g/mol. The van der Waals surface area contributed by atoms with Gasteiger partial charge in [-0.2, -0.15) is 0 Å². The normalized spacial score (nSPS) is 11.0. The molecule has 1 aromatic heterocycles. The Bertz CT molecular complexity index is 794. The number of halogens is 2. The summed E-state index contributed by atoms with van der Waals surface area (Å²) in [5, 5.41) is 1.07. The molecule has 0 fully saturated rings. The van der Waals surface area contributed by atoms with E-state index in [1.807, 2.05) is 6.92 Å². The van der Waals surface area contributed by atoms with E-state index in [0.29, 0.717) is 0 Å². The van der Waals surface area contributed by atoms with Crippen LogP contribution in [0.15, 0.2) is 46.9 Å². The third-order valence-corrected chi connectivity index (χ3v) is 4.03. The van der Waals surface area contributed by atoms with Crippen LogP contribution in [-0.2, 0) is 0 Å². The van der Waals surface area contributed by atoms with Gasteiger partial charge in [-0.1, -0.05) is 28.1 Å². The first-order chi connectivity index (χ1) is 9.54. The van der Waals surface area contributed by atoms with Crippen molar-refractivity contribution in [1.82, 2.24) is 4.98 Å². The number of hydrogen-bond acceptors (Lipinski definition) is 1. The van der Waals surface area contributed by atoms with Gasteiger partial charge in [0.25, 0.3) is 0 Å². The van der Waals surface area contributed by atoms with E-state index in [9.17, 15) is 4.39 Å². The molecule has 0 amide bonds. The van der Waals surface area contributed by atoms with Gasteiger partial charge in [-0.3, -0.25) is 4.98 Å². The quantitative estimate of drug-likeness (QED) is 0.580. The maximum Gasteiger partial charge on any atom is 0.123 e. The van der Waals surface area contributed by atoms with E-state index in [4.69, 9.17) is 0 Å². The summed E-state index contributed by atoms with van der Waals surface area (Å²) in [6.07, 6.45) is 0.